The summed E-state index contributed by atoms with van der Waals surface area (Å²) in [5.41, 5.74) is 0. The maximum absolute atomic E-state index is 11.7. The van der Waals surface area contributed by atoms with Gasteiger partial charge in [0.1, 0.15) is 0 Å². The predicted octanol–water partition coefficient (Wildman–Crippen LogP) is 0.893. The van der Waals surface area contributed by atoms with Crippen LogP contribution in [0.5, 0.6) is 0 Å². The van der Waals surface area contributed by atoms with Crippen LogP contribution in [0.25, 0.3) is 0 Å². The third kappa shape index (κ3) is 3.40. The van der Waals surface area contributed by atoms with Crippen LogP contribution in [0.2, 0.25) is 0 Å². The first-order chi connectivity index (χ1) is 8.25. The van der Waals surface area contributed by atoms with E-state index in [1.54, 1.807) is 0 Å². The number of aromatic amines is 1. The molecule has 0 aromatic carbocycles. The third-order valence-corrected chi connectivity index (χ3v) is 3.04. The topological polar surface area (TPSA) is 95.6 Å². The van der Waals surface area contributed by atoms with Gasteiger partial charge >= 0.3 is 6.03 Å². The van der Waals surface area contributed by atoms with E-state index in [9.17, 15) is 4.79 Å². The molecule has 17 heavy (non-hydrogen) atoms. The molecule has 0 aliphatic heterocycles. The van der Waals surface area contributed by atoms with Crippen LogP contribution in [0.3, 0.4) is 0 Å². The van der Waals surface area contributed by atoms with Crippen LogP contribution >= 0.6 is 0 Å². The summed E-state index contributed by atoms with van der Waals surface area (Å²) >= 11 is 0. The van der Waals surface area contributed by atoms with Gasteiger partial charge in [-0.15, -0.1) is 10.2 Å². The van der Waals surface area contributed by atoms with Crippen LogP contribution in [0, 0.1) is 0 Å². The molecular formula is C10H18N6O. The minimum atomic E-state index is -0.239. The molecule has 1 saturated carbocycles. The second-order valence-corrected chi connectivity index (χ2v) is 4.44. The highest BCUT2D eigenvalue weighted by Gasteiger charge is 2.18. The lowest BCUT2D eigenvalue weighted by atomic mass is 9.96. The number of nitrogens with zero attached hydrogens (tertiary/aromatic N) is 3. The summed E-state index contributed by atoms with van der Waals surface area (Å²) in [6, 6.07) is -0.0900. The van der Waals surface area contributed by atoms with Gasteiger partial charge in [0.25, 0.3) is 0 Å². The molecule has 1 unspecified atom stereocenters. The Labute approximate surface area is 99.7 Å². The fourth-order valence-electron chi connectivity index (χ4n) is 2.09. The van der Waals surface area contributed by atoms with Gasteiger partial charge in [-0.2, -0.15) is 5.21 Å². The number of aromatic nitrogens is 4. The molecule has 0 radical (unpaired) electrons. The quantitative estimate of drug-likeness (QED) is 0.728. The molecule has 0 spiro atoms. The third-order valence-electron chi connectivity index (χ3n) is 3.04. The molecule has 2 amide bonds. The normalized spacial score (nSPS) is 18.6. The van der Waals surface area contributed by atoms with Gasteiger partial charge in [-0.1, -0.05) is 24.5 Å². The lowest BCUT2D eigenvalue weighted by Gasteiger charge is -2.23. The van der Waals surface area contributed by atoms with Crippen molar-refractivity contribution in [3.05, 3.63) is 5.82 Å². The summed E-state index contributed by atoms with van der Waals surface area (Å²) in [6.45, 7) is 1.82. The minimum absolute atomic E-state index is 0.158. The van der Waals surface area contributed by atoms with Crippen molar-refractivity contribution in [1.82, 2.24) is 31.3 Å². The first-order valence-electron chi connectivity index (χ1n) is 6.06. The standard InChI is InChI=1S/C10H18N6O/c1-7(9-13-15-16-14-9)11-10(17)12-8-5-3-2-4-6-8/h7-8H,2-6H2,1H3,(H2,11,12,17)(H,13,14,15,16). The Kier molecular flexibility index (Phi) is 3.89. The number of rotatable bonds is 3. The van der Waals surface area contributed by atoms with E-state index in [2.05, 4.69) is 31.3 Å². The van der Waals surface area contributed by atoms with Crippen molar-refractivity contribution in [1.29, 1.82) is 0 Å². The van der Waals surface area contributed by atoms with Crippen molar-refractivity contribution < 1.29 is 4.79 Å². The number of tetrazole rings is 1. The van der Waals surface area contributed by atoms with E-state index in [0.29, 0.717) is 11.9 Å². The number of carbonyl (C=O) groups is 1. The van der Waals surface area contributed by atoms with Gasteiger partial charge in [-0.3, -0.25) is 0 Å². The molecule has 1 fully saturated rings. The zero-order chi connectivity index (χ0) is 12.1. The summed E-state index contributed by atoms with van der Waals surface area (Å²) in [6.07, 6.45) is 5.82. The van der Waals surface area contributed by atoms with Crippen molar-refractivity contribution >= 4 is 6.03 Å². The van der Waals surface area contributed by atoms with Gasteiger partial charge in [0.2, 0.25) is 0 Å². The number of hydrogen-bond donors (Lipinski definition) is 3. The van der Waals surface area contributed by atoms with E-state index in [-0.39, 0.29) is 12.1 Å². The van der Waals surface area contributed by atoms with E-state index in [1.807, 2.05) is 6.92 Å². The molecule has 2 rings (SSSR count). The molecule has 0 bridgehead atoms. The van der Waals surface area contributed by atoms with Crippen LogP contribution in [0.4, 0.5) is 4.79 Å². The molecule has 3 N–H and O–H groups in total. The second-order valence-electron chi connectivity index (χ2n) is 4.44. The monoisotopic (exact) mass is 238 g/mol. The van der Waals surface area contributed by atoms with Gasteiger partial charge in [0, 0.05) is 6.04 Å². The zero-order valence-electron chi connectivity index (χ0n) is 9.94. The second kappa shape index (κ2) is 5.60. The summed E-state index contributed by atoms with van der Waals surface area (Å²) in [5.74, 6) is 0.490. The Morgan fingerprint density at radius 3 is 2.82 bits per heavy atom. The predicted molar refractivity (Wildman–Crippen MR) is 61.1 cm³/mol. The van der Waals surface area contributed by atoms with Crippen LogP contribution in [-0.2, 0) is 0 Å². The average Bonchev–Trinajstić information content (AvgIpc) is 2.83. The van der Waals surface area contributed by atoms with E-state index in [0.717, 1.165) is 12.8 Å². The summed E-state index contributed by atoms with van der Waals surface area (Å²) in [4.78, 5) is 11.7. The minimum Gasteiger partial charge on any atom is -0.335 e. The Morgan fingerprint density at radius 1 is 1.41 bits per heavy atom. The Hall–Kier alpha value is -1.66. The number of amides is 2. The molecule has 1 aliphatic carbocycles. The van der Waals surface area contributed by atoms with Crippen LogP contribution in [0.1, 0.15) is 50.9 Å². The lowest BCUT2D eigenvalue weighted by molar-refractivity contribution is 0.229. The van der Waals surface area contributed by atoms with E-state index < -0.39 is 0 Å². The molecule has 94 valence electrons. The van der Waals surface area contributed by atoms with Crippen molar-refractivity contribution in [2.45, 2.75) is 51.1 Å². The largest absolute Gasteiger partial charge is 0.335 e. The number of urea groups is 1. The molecule has 1 atom stereocenters. The van der Waals surface area contributed by atoms with Gasteiger partial charge in [-0.05, 0) is 19.8 Å². The summed E-state index contributed by atoms with van der Waals surface area (Å²) in [5, 5.41) is 19.2. The van der Waals surface area contributed by atoms with Crippen molar-refractivity contribution in [2.75, 3.05) is 0 Å². The van der Waals surface area contributed by atoms with Crippen molar-refractivity contribution in [3.63, 3.8) is 0 Å². The smallest absolute Gasteiger partial charge is 0.315 e. The molecule has 1 heterocycles. The molecule has 7 nitrogen and oxygen atoms in total. The Morgan fingerprint density at radius 2 is 2.18 bits per heavy atom. The van der Waals surface area contributed by atoms with E-state index in [1.165, 1.54) is 19.3 Å². The number of nitrogens with one attached hydrogen (secondary N) is 3. The summed E-state index contributed by atoms with van der Waals surface area (Å²) < 4.78 is 0. The summed E-state index contributed by atoms with van der Waals surface area (Å²) in [7, 11) is 0. The number of H-pyrrole nitrogens is 1. The van der Waals surface area contributed by atoms with Crippen LogP contribution in [0.15, 0.2) is 0 Å². The number of carbonyl (C=O) groups excluding carboxylic acids is 1. The SMILES string of the molecule is CC(NC(=O)NC1CCCCC1)c1nn[nH]n1. The van der Waals surface area contributed by atoms with Crippen molar-refractivity contribution in [3.8, 4) is 0 Å². The first-order valence-corrected chi connectivity index (χ1v) is 6.06. The highest BCUT2D eigenvalue weighted by molar-refractivity contribution is 5.74. The first kappa shape index (κ1) is 11.8. The lowest BCUT2D eigenvalue weighted by Crippen LogP contribution is -2.43. The fraction of sp³-hybridized carbons (Fsp3) is 0.800. The molecule has 7 heteroatoms. The molecular weight excluding hydrogens is 220 g/mol. The van der Waals surface area contributed by atoms with Gasteiger partial charge < -0.3 is 10.6 Å². The zero-order valence-corrected chi connectivity index (χ0v) is 9.94. The Bertz CT molecular complexity index is 346. The number of hydrogen-bond acceptors (Lipinski definition) is 4. The highest BCUT2D eigenvalue weighted by Crippen LogP contribution is 2.17. The van der Waals surface area contributed by atoms with E-state index >= 15 is 0 Å². The molecule has 1 aromatic rings. The average molecular weight is 238 g/mol. The fourth-order valence-corrected chi connectivity index (χ4v) is 2.09. The maximum atomic E-state index is 11.7. The highest BCUT2D eigenvalue weighted by atomic mass is 16.2. The molecule has 0 saturated heterocycles. The van der Waals surface area contributed by atoms with E-state index in [4.69, 9.17) is 0 Å². The molecule has 1 aromatic heterocycles. The molecule has 1 aliphatic rings. The van der Waals surface area contributed by atoms with Crippen molar-refractivity contribution in [2.24, 2.45) is 0 Å². The van der Waals surface area contributed by atoms with Crippen LogP contribution in [-0.4, -0.2) is 32.7 Å². The maximum Gasteiger partial charge on any atom is 0.315 e. The van der Waals surface area contributed by atoms with Gasteiger partial charge in [0.05, 0.1) is 6.04 Å². The van der Waals surface area contributed by atoms with Crippen LogP contribution < -0.4 is 10.6 Å². The van der Waals surface area contributed by atoms with Gasteiger partial charge in [-0.25, -0.2) is 4.79 Å². The van der Waals surface area contributed by atoms with Gasteiger partial charge in [0.15, 0.2) is 5.82 Å². The Balaban J connectivity index is 1.76.